The van der Waals surface area contributed by atoms with Crippen LogP contribution in [0.2, 0.25) is 0 Å². The summed E-state index contributed by atoms with van der Waals surface area (Å²) in [6.45, 7) is 1.34. The number of aromatic nitrogens is 2. The number of amides is 2. The molecule has 0 aliphatic carbocycles. The third-order valence-electron chi connectivity index (χ3n) is 2.76. The molecule has 0 unspecified atom stereocenters. The first-order valence-electron chi connectivity index (χ1n) is 6.23. The number of carbonyl (C=O) groups excluding carboxylic acids is 2. The van der Waals surface area contributed by atoms with Crippen molar-refractivity contribution in [3.63, 3.8) is 0 Å². The highest BCUT2D eigenvalue weighted by molar-refractivity contribution is 6.15. The summed E-state index contributed by atoms with van der Waals surface area (Å²) in [5.74, 6) is -0.627. The van der Waals surface area contributed by atoms with Crippen LogP contribution in [0.5, 0.6) is 0 Å². The molecule has 104 valence electrons. The molecule has 3 rings (SSSR count). The van der Waals surface area contributed by atoms with E-state index >= 15 is 0 Å². The summed E-state index contributed by atoms with van der Waals surface area (Å²) in [4.78, 5) is 34.9. The van der Waals surface area contributed by atoms with Gasteiger partial charge in [0.05, 0.1) is 16.7 Å². The molecule has 2 amide bonds. The van der Waals surface area contributed by atoms with Crippen molar-refractivity contribution in [2.75, 3.05) is 0 Å². The normalized spacial score (nSPS) is 16.0. The molecule has 2 aromatic heterocycles. The van der Waals surface area contributed by atoms with Crippen LogP contribution in [0.4, 0.5) is 0 Å². The minimum Gasteiger partial charge on any atom is -0.321 e. The Morgan fingerprint density at radius 2 is 2.14 bits per heavy atom. The molecule has 0 fully saturated rings. The van der Waals surface area contributed by atoms with E-state index in [4.69, 9.17) is 0 Å². The van der Waals surface area contributed by atoms with Gasteiger partial charge in [-0.3, -0.25) is 19.9 Å². The van der Waals surface area contributed by atoms with Gasteiger partial charge in [0, 0.05) is 13.1 Å². The van der Waals surface area contributed by atoms with Crippen LogP contribution in [0.3, 0.4) is 0 Å². The van der Waals surface area contributed by atoms with Gasteiger partial charge in [-0.1, -0.05) is 0 Å². The molecule has 0 saturated heterocycles. The monoisotopic (exact) mass is 281 g/mol. The van der Waals surface area contributed by atoms with Gasteiger partial charge in [0.1, 0.15) is 5.70 Å². The lowest BCUT2D eigenvalue weighted by Gasteiger charge is -2.02. The predicted octanol–water partition coefficient (Wildman–Crippen LogP) is 0.593. The summed E-state index contributed by atoms with van der Waals surface area (Å²) in [7, 11) is 0. The van der Waals surface area contributed by atoms with Crippen LogP contribution in [0.1, 0.15) is 12.6 Å². The van der Waals surface area contributed by atoms with Gasteiger partial charge in [0.25, 0.3) is 5.91 Å². The Morgan fingerprint density at radius 3 is 2.95 bits per heavy atom. The zero-order chi connectivity index (χ0) is 14.8. The molecule has 1 aliphatic heterocycles. The van der Waals surface area contributed by atoms with Crippen LogP contribution in [0.15, 0.2) is 41.2 Å². The van der Waals surface area contributed by atoms with E-state index in [0.717, 1.165) is 11.0 Å². The minimum atomic E-state index is -0.452. The second kappa shape index (κ2) is 5.12. The number of hydrogen-bond donors (Lipinski definition) is 2. The number of nitrogens with zero attached hydrogens (tertiary/aromatic N) is 3. The highest BCUT2D eigenvalue weighted by Gasteiger charge is 2.20. The van der Waals surface area contributed by atoms with Crippen molar-refractivity contribution in [3.05, 3.63) is 41.9 Å². The van der Waals surface area contributed by atoms with E-state index in [1.807, 2.05) is 12.1 Å². The van der Waals surface area contributed by atoms with Gasteiger partial charge in [-0.05, 0) is 30.3 Å². The third kappa shape index (κ3) is 2.76. The first kappa shape index (κ1) is 12.9. The Balaban J connectivity index is 1.87. The van der Waals surface area contributed by atoms with Gasteiger partial charge in [0.15, 0.2) is 0 Å². The largest absolute Gasteiger partial charge is 0.321 e. The maximum absolute atomic E-state index is 11.7. The predicted molar refractivity (Wildman–Crippen MR) is 76.9 cm³/mol. The van der Waals surface area contributed by atoms with Crippen LogP contribution < -0.4 is 10.6 Å². The van der Waals surface area contributed by atoms with Crippen LogP contribution >= 0.6 is 0 Å². The zero-order valence-electron chi connectivity index (χ0n) is 11.1. The van der Waals surface area contributed by atoms with Crippen molar-refractivity contribution in [3.8, 4) is 0 Å². The molecule has 0 spiro atoms. The maximum Gasteiger partial charge on any atom is 0.296 e. The Labute approximate surface area is 119 Å². The highest BCUT2D eigenvalue weighted by Crippen LogP contribution is 2.12. The fraction of sp³-hybridized carbons (Fsp3) is 0.0714. The van der Waals surface area contributed by atoms with Crippen LogP contribution in [-0.4, -0.2) is 27.7 Å². The van der Waals surface area contributed by atoms with Gasteiger partial charge >= 0.3 is 0 Å². The molecular weight excluding hydrogens is 270 g/mol. The Hall–Kier alpha value is -3.09. The number of carbonyl (C=O) groups is 2. The van der Waals surface area contributed by atoms with Crippen molar-refractivity contribution in [2.24, 2.45) is 4.99 Å². The van der Waals surface area contributed by atoms with Crippen LogP contribution in [-0.2, 0) is 9.59 Å². The lowest BCUT2D eigenvalue weighted by atomic mass is 10.2. The molecule has 21 heavy (non-hydrogen) atoms. The van der Waals surface area contributed by atoms with Crippen molar-refractivity contribution in [1.29, 1.82) is 0 Å². The van der Waals surface area contributed by atoms with Gasteiger partial charge in [-0.25, -0.2) is 4.98 Å². The number of rotatable bonds is 1. The molecule has 0 aromatic carbocycles. The van der Waals surface area contributed by atoms with Crippen molar-refractivity contribution < 1.29 is 9.59 Å². The average molecular weight is 281 g/mol. The number of nitrogens with one attached hydrogen (secondary N) is 2. The van der Waals surface area contributed by atoms with Crippen molar-refractivity contribution >= 4 is 34.9 Å². The molecule has 2 N–H and O–H groups in total. The zero-order valence-corrected chi connectivity index (χ0v) is 11.1. The first-order valence-corrected chi connectivity index (χ1v) is 6.23. The molecule has 0 saturated carbocycles. The van der Waals surface area contributed by atoms with E-state index < -0.39 is 5.91 Å². The molecule has 1 aliphatic rings. The van der Waals surface area contributed by atoms with Crippen molar-refractivity contribution in [2.45, 2.75) is 6.92 Å². The van der Waals surface area contributed by atoms with Crippen molar-refractivity contribution in [1.82, 2.24) is 20.6 Å². The smallest absolute Gasteiger partial charge is 0.296 e. The quantitative estimate of drug-likeness (QED) is 0.746. The minimum absolute atomic E-state index is 0.126. The molecule has 7 nitrogen and oxygen atoms in total. The van der Waals surface area contributed by atoms with E-state index in [9.17, 15) is 9.59 Å². The van der Waals surface area contributed by atoms with E-state index in [1.54, 1.807) is 24.4 Å². The topological polar surface area (TPSA) is 96.3 Å². The summed E-state index contributed by atoms with van der Waals surface area (Å²) in [6, 6.07) is 7.22. The first-order chi connectivity index (χ1) is 10.1. The Morgan fingerprint density at radius 1 is 1.29 bits per heavy atom. The van der Waals surface area contributed by atoms with Crippen LogP contribution in [0.25, 0.3) is 17.1 Å². The third-order valence-corrected chi connectivity index (χ3v) is 2.76. The Kier molecular flexibility index (Phi) is 3.15. The summed E-state index contributed by atoms with van der Waals surface area (Å²) < 4.78 is 0. The molecule has 2 aromatic rings. The fourth-order valence-corrected chi connectivity index (χ4v) is 1.90. The van der Waals surface area contributed by atoms with Gasteiger partial charge in [-0.15, -0.1) is 0 Å². The Bertz CT molecular complexity index is 810. The molecule has 0 bridgehead atoms. The lowest BCUT2D eigenvalue weighted by molar-refractivity contribution is -0.117. The maximum atomic E-state index is 11.7. The SMILES string of the molecule is CC(=O)NC1=NC(=O)/C(=C/c2ccc3ncccc3n2)N1. The summed E-state index contributed by atoms with van der Waals surface area (Å²) in [5.41, 5.74) is 2.38. The lowest BCUT2D eigenvalue weighted by Crippen LogP contribution is -2.36. The standard InChI is InChI=1S/C14H11N5O2/c1-8(20)16-14-18-12(13(21)19-14)7-9-4-5-10-11(17-9)3-2-6-15-10/h2-7H,1H3,(H2,16,18,19,20,21)/b12-7-. The average Bonchev–Trinajstić information content (AvgIpc) is 2.77. The summed E-state index contributed by atoms with van der Waals surface area (Å²) >= 11 is 0. The fourth-order valence-electron chi connectivity index (χ4n) is 1.90. The number of pyridine rings is 2. The second-order valence-electron chi connectivity index (χ2n) is 4.41. The van der Waals surface area contributed by atoms with E-state index in [-0.39, 0.29) is 17.6 Å². The number of guanidine groups is 1. The second-order valence-corrected chi connectivity index (χ2v) is 4.41. The number of aliphatic imine (C=N–C) groups is 1. The highest BCUT2D eigenvalue weighted by atomic mass is 16.2. The van der Waals surface area contributed by atoms with E-state index in [1.165, 1.54) is 6.92 Å². The van der Waals surface area contributed by atoms with Gasteiger partial charge < -0.3 is 5.32 Å². The molecule has 0 atom stereocenters. The molecule has 3 heterocycles. The molecule has 7 heteroatoms. The number of fused-ring (bicyclic) bond motifs is 1. The van der Waals surface area contributed by atoms with E-state index in [2.05, 4.69) is 25.6 Å². The van der Waals surface area contributed by atoms with Crippen LogP contribution in [0, 0.1) is 0 Å². The number of hydrogen-bond acceptors (Lipinski definition) is 5. The molecular formula is C14H11N5O2. The van der Waals surface area contributed by atoms with Gasteiger partial charge in [0.2, 0.25) is 11.9 Å². The van der Waals surface area contributed by atoms with E-state index in [0.29, 0.717) is 5.69 Å². The molecule has 0 radical (unpaired) electrons. The summed E-state index contributed by atoms with van der Waals surface area (Å²) in [6.07, 6.45) is 3.27. The van der Waals surface area contributed by atoms with Gasteiger partial charge in [-0.2, -0.15) is 4.99 Å². The summed E-state index contributed by atoms with van der Waals surface area (Å²) in [5, 5.41) is 5.17.